The third-order valence-corrected chi connectivity index (χ3v) is 3.63. The first-order valence-electron chi connectivity index (χ1n) is 7.49. The summed E-state index contributed by atoms with van der Waals surface area (Å²) in [7, 11) is 3.31. The molecule has 0 saturated heterocycles. The zero-order valence-electron chi connectivity index (χ0n) is 13.3. The van der Waals surface area contributed by atoms with Crippen LogP contribution in [0.3, 0.4) is 0 Å². The number of hydrogen-bond donors (Lipinski definition) is 2. The minimum Gasteiger partial charge on any atom is -0.497 e. The van der Waals surface area contributed by atoms with Crippen molar-refractivity contribution in [1.82, 2.24) is 5.32 Å². The van der Waals surface area contributed by atoms with Crippen LogP contribution >= 0.6 is 0 Å². The standard InChI is InChI=1S/C18H24N2O2/c1-21-16-6-3-14(4-7-16)9-11-20-12-10-15-5-8-18(22-2)17(19)13-15/h3-8,13,20H,9-12,19H2,1-2H3. The van der Waals surface area contributed by atoms with E-state index in [1.165, 1.54) is 11.1 Å². The van der Waals surface area contributed by atoms with Gasteiger partial charge in [-0.05, 0) is 61.3 Å². The molecule has 2 aromatic rings. The molecule has 0 spiro atoms. The van der Waals surface area contributed by atoms with Gasteiger partial charge in [-0.2, -0.15) is 0 Å². The van der Waals surface area contributed by atoms with Gasteiger partial charge in [0.05, 0.1) is 19.9 Å². The summed E-state index contributed by atoms with van der Waals surface area (Å²) in [4.78, 5) is 0. The first-order valence-corrected chi connectivity index (χ1v) is 7.49. The van der Waals surface area contributed by atoms with Crippen LogP contribution in [0.4, 0.5) is 5.69 Å². The van der Waals surface area contributed by atoms with Gasteiger partial charge in [0.25, 0.3) is 0 Å². The maximum Gasteiger partial charge on any atom is 0.141 e. The number of hydrogen-bond acceptors (Lipinski definition) is 4. The molecule has 0 fully saturated rings. The Kier molecular flexibility index (Phi) is 6.10. The van der Waals surface area contributed by atoms with E-state index in [2.05, 4.69) is 23.5 Å². The van der Waals surface area contributed by atoms with Crippen LogP contribution < -0.4 is 20.5 Å². The highest BCUT2D eigenvalue weighted by atomic mass is 16.5. The lowest BCUT2D eigenvalue weighted by Gasteiger charge is -2.08. The van der Waals surface area contributed by atoms with E-state index in [-0.39, 0.29) is 0 Å². The van der Waals surface area contributed by atoms with Gasteiger partial charge in [-0.15, -0.1) is 0 Å². The fourth-order valence-corrected chi connectivity index (χ4v) is 2.32. The number of nitrogens with one attached hydrogen (secondary N) is 1. The van der Waals surface area contributed by atoms with Crippen molar-refractivity contribution in [3.63, 3.8) is 0 Å². The molecule has 0 atom stereocenters. The molecule has 0 amide bonds. The number of nitrogens with two attached hydrogens (primary N) is 1. The van der Waals surface area contributed by atoms with Crippen molar-refractivity contribution in [3.05, 3.63) is 53.6 Å². The minimum atomic E-state index is 0.693. The Morgan fingerprint density at radius 2 is 1.50 bits per heavy atom. The number of anilines is 1. The predicted octanol–water partition coefficient (Wildman–Crippen LogP) is 2.66. The molecule has 0 bridgehead atoms. The first-order chi connectivity index (χ1) is 10.7. The Balaban J connectivity index is 1.69. The quantitative estimate of drug-likeness (QED) is 0.581. The van der Waals surface area contributed by atoms with Gasteiger partial charge in [0.1, 0.15) is 11.5 Å². The minimum absolute atomic E-state index is 0.693. The van der Waals surface area contributed by atoms with E-state index < -0.39 is 0 Å². The molecule has 0 aliphatic rings. The van der Waals surface area contributed by atoms with E-state index in [0.717, 1.165) is 37.4 Å². The van der Waals surface area contributed by atoms with Gasteiger partial charge in [0, 0.05) is 0 Å². The predicted molar refractivity (Wildman–Crippen MR) is 90.7 cm³/mol. The van der Waals surface area contributed by atoms with E-state index in [9.17, 15) is 0 Å². The average molecular weight is 300 g/mol. The van der Waals surface area contributed by atoms with Crippen LogP contribution in [0.25, 0.3) is 0 Å². The highest BCUT2D eigenvalue weighted by molar-refractivity contribution is 5.54. The van der Waals surface area contributed by atoms with Crippen molar-refractivity contribution in [3.8, 4) is 11.5 Å². The maximum absolute atomic E-state index is 5.91. The molecular weight excluding hydrogens is 276 g/mol. The maximum atomic E-state index is 5.91. The molecule has 2 rings (SSSR count). The molecule has 4 nitrogen and oxygen atoms in total. The summed E-state index contributed by atoms with van der Waals surface area (Å²) < 4.78 is 10.3. The zero-order chi connectivity index (χ0) is 15.8. The third kappa shape index (κ3) is 4.67. The molecule has 0 aromatic heterocycles. The second kappa shape index (κ2) is 8.29. The second-order valence-corrected chi connectivity index (χ2v) is 5.17. The number of rotatable bonds is 8. The molecule has 118 valence electrons. The van der Waals surface area contributed by atoms with E-state index in [1.807, 2.05) is 24.3 Å². The smallest absolute Gasteiger partial charge is 0.141 e. The monoisotopic (exact) mass is 300 g/mol. The Hall–Kier alpha value is -2.20. The normalized spacial score (nSPS) is 10.5. The summed E-state index contributed by atoms with van der Waals surface area (Å²) in [6.45, 7) is 1.89. The lowest BCUT2D eigenvalue weighted by atomic mass is 10.1. The third-order valence-electron chi connectivity index (χ3n) is 3.63. The van der Waals surface area contributed by atoms with E-state index >= 15 is 0 Å². The molecule has 0 unspecified atom stereocenters. The fraction of sp³-hybridized carbons (Fsp3) is 0.333. The molecule has 2 aromatic carbocycles. The summed E-state index contributed by atoms with van der Waals surface area (Å²) in [5.41, 5.74) is 9.12. The highest BCUT2D eigenvalue weighted by Gasteiger charge is 2.00. The lowest BCUT2D eigenvalue weighted by Crippen LogP contribution is -2.20. The van der Waals surface area contributed by atoms with Crippen molar-refractivity contribution < 1.29 is 9.47 Å². The van der Waals surface area contributed by atoms with Crippen LogP contribution in [0.1, 0.15) is 11.1 Å². The summed E-state index contributed by atoms with van der Waals surface area (Å²) >= 11 is 0. The summed E-state index contributed by atoms with van der Waals surface area (Å²) in [5.74, 6) is 1.63. The van der Waals surface area contributed by atoms with Crippen molar-refractivity contribution in [2.24, 2.45) is 0 Å². The summed E-state index contributed by atoms with van der Waals surface area (Å²) in [5, 5.41) is 3.46. The Morgan fingerprint density at radius 3 is 2.09 bits per heavy atom. The van der Waals surface area contributed by atoms with E-state index in [1.54, 1.807) is 14.2 Å². The van der Waals surface area contributed by atoms with Gasteiger partial charge in [-0.25, -0.2) is 0 Å². The number of benzene rings is 2. The van der Waals surface area contributed by atoms with Crippen LogP contribution in [-0.4, -0.2) is 27.3 Å². The summed E-state index contributed by atoms with van der Waals surface area (Å²) in [6, 6.07) is 14.1. The number of methoxy groups -OCH3 is 2. The summed E-state index contributed by atoms with van der Waals surface area (Å²) in [6.07, 6.45) is 1.96. The highest BCUT2D eigenvalue weighted by Crippen LogP contribution is 2.21. The molecule has 3 N–H and O–H groups in total. The van der Waals surface area contributed by atoms with Gasteiger partial charge in [-0.3, -0.25) is 0 Å². The topological polar surface area (TPSA) is 56.5 Å². The first kappa shape index (κ1) is 16.2. The van der Waals surface area contributed by atoms with E-state index in [0.29, 0.717) is 5.69 Å². The largest absolute Gasteiger partial charge is 0.497 e. The van der Waals surface area contributed by atoms with Crippen molar-refractivity contribution in [2.45, 2.75) is 12.8 Å². The second-order valence-electron chi connectivity index (χ2n) is 5.17. The molecule has 0 saturated carbocycles. The molecular formula is C18H24N2O2. The number of nitrogen functional groups attached to an aromatic ring is 1. The Bertz CT molecular complexity index is 582. The lowest BCUT2D eigenvalue weighted by molar-refractivity contribution is 0.414. The molecule has 0 radical (unpaired) electrons. The van der Waals surface area contributed by atoms with Gasteiger partial charge in [0.15, 0.2) is 0 Å². The van der Waals surface area contributed by atoms with Crippen LogP contribution in [0, 0.1) is 0 Å². The molecule has 0 heterocycles. The van der Waals surface area contributed by atoms with Crippen molar-refractivity contribution in [2.75, 3.05) is 33.0 Å². The Morgan fingerprint density at radius 1 is 0.864 bits per heavy atom. The van der Waals surface area contributed by atoms with Crippen LogP contribution in [0.5, 0.6) is 11.5 Å². The molecule has 0 aliphatic carbocycles. The Labute approximate surface area is 132 Å². The fourth-order valence-electron chi connectivity index (χ4n) is 2.32. The van der Waals surface area contributed by atoms with Crippen LogP contribution in [0.2, 0.25) is 0 Å². The molecule has 22 heavy (non-hydrogen) atoms. The molecule has 4 heteroatoms. The van der Waals surface area contributed by atoms with Crippen molar-refractivity contribution in [1.29, 1.82) is 0 Å². The SMILES string of the molecule is COc1ccc(CCNCCc2ccc(OC)c(N)c2)cc1. The van der Waals surface area contributed by atoms with E-state index in [4.69, 9.17) is 15.2 Å². The van der Waals surface area contributed by atoms with Gasteiger partial charge in [-0.1, -0.05) is 18.2 Å². The molecule has 0 aliphatic heterocycles. The van der Waals surface area contributed by atoms with Crippen LogP contribution in [0.15, 0.2) is 42.5 Å². The average Bonchev–Trinajstić information content (AvgIpc) is 2.55. The van der Waals surface area contributed by atoms with Gasteiger partial charge < -0.3 is 20.5 Å². The zero-order valence-corrected chi connectivity index (χ0v) is 13.3. The van der Waals surface area contributed by atoms with Crippen LogP contribution in [-0.2, 0) is 12.8 Å². The van der Waals surface area contributed by atoms with Gasteiger partial charge >= 0.3 is 0 Å². The van der Waals surface area contributed by atoms with Gasteiger partial charge in [0.2, 0.25) is 0 Å². The number of ether oxygens (including phenoxy) is 2. The van der Waals surface area contributed by atoms with Crippen molar-refractivity contribution >= 4 is 5.69 Å².